The van der Waals surface area contributed by atoms with Crippen LogP contribution in [0.25, 0.3) is 0 Å². The first kappa shape index (κ1) is 13.2. The minimum absolute atomic E-state index is 0.0185. The molecule has 1 aromatic heterocycles. The molecule has 94 valence electrons. The third kappa shape index (κ3) is 3.60. The van der Waals surface area contributed by atoms with Gasteiger partial charge in [-0.05, 0) is 19.9 Å². The van der Waals surface area contributed by atoms with Crippen molar-refractivity contribution in [3.8, 4) is 0 Å². The Balaban J connectivity index is 3.05. The van der Waals surface area contributed by atoms with Gasteiger partial charge in [0.2, 0.25) is 0 Å². The minimum Gasteiger partial charge on any atom is -0.409 e. The first-order valence-electron chi connectivity index (χ1n) is 5.20. The fourth-order valence-electron chi connectivity index (χ4n) is 1.63. The summed E-state index contributed by atoms with van der Waals surface area (Å²) in [6.07, 6.45) is 3.17. The number of nitrogens with two attached hydrogens (primary N) is 1. The largest absolute Gasteiger partial charge is 0.409 e. The van der Waals surface area contributed by atoms with E-state index in [0.717, 1.165) is 0 Å². The summed E-state index contributed by atoms with van der Waals surface area (Å²) in [5, 5.41) is 21.4. The van der Waals surface area contributed by atoms with Gasteiger partial charge in [-0.3, -0.25) is 4.98 Å². The van der Waals surface area contributed by atoms with E-state index in [9.17, 15) is 5.11 Å². The topological polar surface area (TPSA) is 95.0 Å². The molecule has 6 nitrogen and oxygen atoms in total. The molecule has 0 spiro atoms. The highest BCUT2D eigenvalue weighted by molar-refractivity contribution is 6.01. The maximum atomic E-state index is 9.76. The maximum Gasteiger partial charge on any atom is 0.172 e. The number of amidine groups is 1. The van der Waals surface area contributed by atoms with Crippen LogP contribution in [0.5, 0.6) is 0 Å². The monoisotopic (exact) mass is 238 g/mol. The molecule has 17 heavy (non-hydrogen) atoms. The molecule has 1 heterocycles. The molecule has 0 aromatic carbocycles. The zero-order chi connectivity index (χ0) is 13.1. The molecule has 1 aromatic rings. The highest BCUT2D eigenvalue weighted by atomic mass is 16.4. The smallest absolute Gasteiger partial charge is 0.172 e. The summed E-state index contributed by atoms with van der Waals surface area (Å²) in [6, 6.07) is 1.66. The van der Waals surface area contributed by atoms with Gasteiger partial charge in [-0.15, -0.1) is 0 Å². The van der Waals surface area contributed by atoms with Crippen LogP contribution in [0.2, 0.25) is 0 Å². The summed E-state index contributed by atoms with van der Waals surface area (Å²) in [5.41, 5.74) is 6.02. The first-order chi connectivity index (χ1) is 7.85. The summed E-state index contributed by atoms with van der Waals surface area (Å²) in [6.45, 7) is 3.83. The maximum absolute atomic E-state index is 9.76. The third-order valence-corrected chi connectivity index (χ3v) is 2.22. The fourth-order valence-corrected chi connectivity index (χ4v) is 1.63. The van der Waals surface area contributed by atoms with Gasteiger partial charge in [0.1, 0.15) is 0 Å². The Kier molecular flexibility index (Phi) is 3.90. The number of pyridine rings is 1. The molecule has 0 radical (unpaired) electrons. The Morgan fingerprint density at radius 1 is 1.59 bits per heavy atom. The quantitative estimate of drug-likeness (QED) is 0.305. The predicted molar refractivity (Wildman–Crippen MR) is 66.3 cm³/mol. The number of likely N-dealkylation sites (N-methyl/N-ethyl adjacent to an activating group) is 1. The Morgan fingerprint density at radius 2 is 2.24 bits per heavy atom. The van der Waals surface area contributed by atoms with Crippen molar-refractivity contribution < 1.29 is 10.3 Å². The van der Waals surface area contributed by atoms with Crippen molar-refractivity contribution in [2.45, 2.75) is 19.4 Å². The molecule has 0 fully saturated rings. The minimum atomic E-state index is -0.840. The zero-order valence-corrected chi connectivity index (χ0v) is 10.3. The lowest BCUT2D eigenvalue weighted by molar-refractivity contribution is 0.0886. The summed E-state index contributed by atoms with van der Waals surface area (Å²) in [7, 11) is 1.81. The van der Waals surface area contributed by atoms with Crippen LogP contribution in [0.4, 0.5) is 5.69 Å². The van der Waals surface area contributed by atoms with Gasteiger partial charge in [0.05, 0.1) is 17.5 Å². The van der Waals surface area contributed by atoms with E-state index in [-0.39, 0.29) is 5.84 Å². The Morgan fingerprint density at radius 3 is 2.76 bits per heavy atom. The van der Waals surface area contributed by atoms with Crippen LogP contribution in [0.3, 0.4) is 0 Å². The SMILES string of the molecule is CN(CC(C)(C)O)c1cnccc1/C(N)=N/O. The second kappa shape index (κ2) is 5.01. The van der Waals surface area contributed by atoms with E-state index in [1.807, 2.05) is 7.05 Å². The van der Waals surface area contributed by atoms with Crippen molar-refractivity contribution in [2.24, 2.45) is 10.9 Å². The van der Waals surface area contributed by atoms with Gasteiger partial charge < -0.3 is 20.9 Å². The van der Waals surface area contributed by atoms with Crippen LogP contribution in [0, 0.1) is 0 Å². The molecule has 0 atom stereocenters. The molecule has 1 rings (SSSR count). The Labute approximate surface area is 100 Å². The van der Waals surface area contributed by atoms with Crippen LogP contribution in [0.1, 0.15) is 19.4 Å². The Bertz CT molecular complexity index is 412. The van der Waals surface area contributed by atoms with Crippen LogP contribution in [0.15, 0.2) is 23.6 Å². The molecule has 4 N–H and O–H groups in total. The molecule has 0 aliphatic carbocycles. The lowest BCUT2D eigenvalue weighted by Crippen LogP contribution is -2.37. The van der Waals surface area contributed by atoms with Crippen molar-refractivity contribution in [3.63, 3.8) is 0 Å². The molecule has 0 bridgehead atoms. The standard InChI is InChI=1S/C11H18N4O2/c1-11(2,16)7-15(3)9-6-13-5-4-8(9)10(12)14-17/h4-6,16-17H,7H2,1-3H3,(H2,12,14). The van der Waals surface area contributed by atoms with E-state index in [1.165, 1.54) is 0 Å². The predicted octanol–water partition coefficient (Wildman–Crippen LogP) is 0.383. The second-order valence-electron chi connectivity index (χ2n) is 4.55. The average Bonchev–Trinajstić information content (AvgIpc) is 2.25. The molecular formula is C11H18N4O2. The lowest BCUT2D eigenvalue weighted by Gasteiger charge is -2.28. The van der Waals surface area contributed by atoms with Gasteiger partial charge in [-0.2, -0.15) is 0 Å². The van der Waals surface area contributed by atoms with Gasteiger partial charge in [-0.1, -0.05) is 5.16 Å². The lowest BCUT2D eigenvalue weighted by atomic mass is 10.1. The van der Waals surface area contributed by atoms with Gasteiger partial charge in [-0.25, -0.2) is 0 Å². The van der Waals surface area contributed by atoms with E-state index in [4.69, 9.17) is 10.9 Å². The molecule has 0 saturated heterocycles. The van der Waals surface area contributed by atoms with E-state index in [1.54, 1.807) is 37.2 Å². The van der Waals surface area contributed by atoms with Gasteiger partial charge in [0.15, 0.2) is 5.84 Å². The van der Waals surface area contributed by atoms with Gasteiger partial charge >= 0.3 is 0 Å². The number of aromatic nitrogens is 1. The first-order valence-corrected chi connectivity index (χ1v) is 5.20. The van der Waals surface area contributed by atoms with Gasteiger partial charge in [0, 0.05) is 25.4 Å². The molecule has 0 aliphatic rings. The van der Waals surface area contributed by atoms with Crippen LogP contribution >= 0.6 is 0 Å². The Hall–Kier alpha value is -1.82. The molecule has 0 aliphatic heterocycles. The summed E-state index contributed by atoms with van der Waals surface area (Å²) < 4.78 is 0. The van der Waals surface area contributed by atoms with E-state index < -0.39 is 5.60 Å². The van der Waals surface area contributed by atoms with Crippen molar-refractivity contribution in [1.29, 1.82) is 0 Å². The van der Waals surface area contributed by atoms with Crippen LogP contribution < -0.4 is 10.6 Å². The second-order valence-corrected chi connectivity index (χ2v) is 4.55. The number of nitrogens with zero attached hydrogens (tertiary/aromatic N) is 3. The number of rotatable bonds is 4. The van der Waals surface area contributed by atoms with Crippen molar-refractivity contribution in [2.75, 3.05) is 18.5 Å². The molecule has 6 heteroatoms. The number of anilines is 1. The molecular weight excluding hydrogens is 220 g/mol. The van der Waals surface area contributed by atoms with Gasteiger partial charge in [0.25, 0.3) is 0 Å². The van der Waals surface area contributed by atoms with Crippen LogP contribution in [-0.4, -0.2) is 40.3 Å². The average molecular weight is 238 g/mol. The summed E-state index contributed by atoms with van der Waals surface area (Å²) in [4.78, 5) is 5.80. The number of oxime groups is 1. The summed E-state index contributed by atoms with van der Waals surface area (Å²) >= 11 is 0. The number of hydrogen-bond donors (Lipinski definition) is 3. The molecule has 0 unspecified atom stereocenters. The van der Waals surface area contributed by atoms with E-state index in [0.29, 0.717) is 17.8 Å². The molecule has 0 saturated carbocycles. The highest BCUT2D eigenvalue weighted by Gasteiger charge is 2.18. The van der Waals surface area contributed by atoms with Crippen LogP contribution in [-0.2, 0) is 0 Å². The molecule has 0 amide bonds. The normalized spacial score (nSPS) is 12.6. The third-order valence-electron chi connectivity index (χ3n) is 2.22. The number of hydrogen-bond acceptors (Lipinski definition) is 5. The van der Waals surface area contributed by atoms with Crippen molar-refractivity contribution >= 4 is 11.5 Å². The van der Waals surface area contributed by atoms with E-state index >= 15 is 0 Å². The highest BCUT2D eigenvalue weighted by Crippen LogP contribution is 2.19. The van der Waals surface area contributed by atoms with E-state index in [2.05, 4.69) is 10.1 Å². The number of aliphatic hydroxyl groups is 1. The summed E-state index contributed by atoms with van der Waals surface area (Å²) in [5.74, 6) is 0.0185. The van der Waals surface area contributed by atoms with Crippen molar-refractivity contribution in [1.82, 2.24) is 4.98 Å². The fraction of sp³-hybridized carbons (Fsp3) is 0.455. The van der Waals surface area contributed by atoms with Crippen molar-refractivity contribution in [3.05, 3.63) is 24.0 Å². The zero-order valence-electron chi connectivity index (χ0n) is 10.3.